The SMILES string of the molecule is CCCC(C)NC(=O)CNC1(CO)CCC1. The summed E-state index contributed by atoms with van der Waals surface area (Å²) in [4.78, 5) is 11.6. The predicted octanol–water partition coefficient (Wildman–Crippen LogP) is 0.796. The Balaban J connectivity index is 2.19. The highest BCUT2D eigenvalue weighted by Gasteiger charge is 2.36. The molecule has 0 saturated heterocycles. The number of carbonyl (C=O) groups excluding carboxylic acids is 1. The summed E-state index contributed by atoms with van der Waals surface area (Å²) in [6.07, 6.45) is 5.18. The molecule has 0 aromatic heterocycles. The van der Waals surface area contributed by atoms with Crippen molar-refractivity contribution >= 4 is 5.91 Å². The van der Waals surface area contributed by atoms with Crippen molar-refractivity contribution in [2.24, 2.45) is 0 Å². The molecule has 1 atom stereocenters. The van der Waals surface area contributed by atoms with Crippen molar-refractivity contribution in [3.63, 3.8) is 0 Å². The number of hydrogen-bond donors (Lipinski definition) is 3. The van der Waals surface area contributed by atoms with Crippen LogP contribution in [0.4, 0.5) is 0 Å². The van der Waals surface area contributed by atoms with E-state index in [-0.39, 0.29) is 24.1 Å². The van der Waals surface area contributed by atoms with Gasteiger partial charge in [-0.15, -0.1) is 0 Å². The summed E-state index contributed by atoms with van der Waals surface area (Å²) in [7, 11) is 0. The largest absolute Gasteiger partial charge is 0.394 e. The molecule has 0 aliphatic heterocycles. The molecule has 0 aromatic rings. The third kappa shape index (κ3) is 3.76. The van der Waals surface area contributed by atoms with Crippen molar-refractivity contribution < 1.29 is 9.90 Å². The van der Waals surface area contributed by atoms with Crippen LogP contribution in [-0.2, 0) is 4.79 Å². The van der Waals surface area contributed by atoms with E-state index in [9.17, 15) is 9.90 Å². The smallest absolute Gasteiger partial charge is 0.234 e. The second kappa shape index (κ2) is 6.21. The van der Waals surface area contributed by atoms with Gasteiger partial charge in [-0.2, -0.15) is 0 Å². The summed E-state index contributed by atoms with van der Waals surface area (Å²) in [5.41, 5.74) is -0.175. The van der Waals surface area contributed by atoms with Gasteiger partial charge in [0, 0.05) is 11.6 Å². The van der Waals surface area contributed by atoms with E-state index < -0.39 is 0 Å². The molecule has 94 valence electrons. The summed E-state index contributed by atoms with van der Waals surface area (Å²) in [6, 6.07) is 0.241. The summed E-state index contributed by atoms with van der Waals surface area (Å²) >= 11 is 0. The van der Waals surface area contributed by atoms with Gasteiger partial charge >= 0.3 is 0 Å². The van der Waals surface area contributed by atoms with Gasteiger partial charge in [-0.3, -0.25) is 4.79 Å². The molecule has 1 saturated carbocycles. The Kier molecular flexibility index (Phi) is 5.22. The number of hydrogen-bond acceptors (Lipinski definition) is 3. The first kappa shape index (κ1) is 13.5. The van der Waals surface area contributed by atoms with Crippen LogP contribution in [0.2, 0.25) is 0 Å². The molecule has 3 N–H and O–H groups in total. The van der Waals surface area contributed by atoms with E-state index in [0.717, 1.165) is 32.1 Å². The van der Waals surface area contributed by atoms with Gasteiger partial charge < -0.3 is 15.7 Å². The fourth-order valence-electron chi connectivity index (χ4n) is 2.09. The van der Waals surface area contributed by atoms with Crippen molar-refractivity contribution in [2.75, 3.05) is 13.2 Å². The quantitative estimate of drug-likeness (QED) is 0.604. The maximum atomic E-state index is 11.6. The molecule has 4 nitrogen and oxygen atoms in total. The third-order valence-corrected chi connectivity index (χ3v) is 3.37. The maximum absolute atomic E-state index is 11.6. The molecule has 1 rings (SSSR count). The molecule has 1 fully saturated rings. The van der Waals surface area contributed by atoms with E-state index in [0.29, 0.717) is 6.54 Å². The van der Waals surface area contributed by atoms with Gasteiger partial charge in [0.1, 0.15) is 0 Å². The molecule has 1 aliphatic carbocycles. The number of rotatable bonds is 7. The minimum Gasteiger partial charge on any atom is -0.394 e. The van der Waals surface area contributed by atoms with Gasteiger partial charge in [0.2, 0.25) is 5.91 Å². The van der Waals surface area contributed by atoms with Crippen molar-refractivity contribution in [2.45, 2.75) is 57.5 Å². The van der Waals surface area contributed by atoms with Crippen LogP contribution in [-0.4, -0.2) is 35.7 Å². The van der Waals surface area contributed by atoms with Crippen molar-refractivity contribution in [3.05, 3.63) is 0 Å². The second-order valence-corrected chi connectivity index (χ2v) is 4.90. The maximum Gasteiger partial charge on any atom is 0.234 e. The highest BCUT2D eigenvalue weighted by Crippen LogP contribution is 2.30. The van der Waals surface area contributed by atoms with E-state index in [2.05, 4.69) is 17.6 Å². The van der Waals surface area contributed by atoms with E-state index in [1.165, 1.54) is 0 Å². The lowest BCUT2D eigenvalue weighted by Crippen LogP contribution is -2.56. The van der Waals surface area contributed by atoms with E-state index in [1.807, 2.05) is 6.92 Å². The molecule has 16 heavy (non-hydrogen) atoms. The van der Waals surface area contributed by atoms with Crippen LogP contribution in [0.15, 0.2) is 0 Å². The van der Waals surface area contributed by atoms with Gasteiger partial charge in [0.05, 0.1) is 13.2 Å². The first-order chi connectivity index (χ1) is 7.62. The zero-order valence-corrected chi connectivity index (χ0v) is 10.4. The average Bonchev–Trinajstić information content (AvgIpc) is 2.17. The number of aliphatic hydroxyl groups is 1. The molecular formula is C12H24N2O2. The van der Waals surface area contributed by atoms with Gasteiger partial charge in [-0.05, 0) is 32.6 Å². The van der Waals surface area contributed by atoms with Gasteiger partial charge in [-0.25, -0.2) is 0 Å². The van der Waals surface area contributed by atoms with E-state index >= 15 is 0 Å². The Labute approximate surface area is 97.8 Å². The number of amides is 1. The summed E-state index contributed by atoms with van der Waals surface area (Å²) in [5.74, 6) is 0.0284. The Morgan fingerprint density at radius 1 is 1.50 bits per heavy atom. The molecule has 1 aliphatic rings. The van der Waals surface area contributed by atoms with Crippen LogP contribution in [0.5, 0.6) is 0 Å². The normalized spacial score (nSPS) is 19.9. The van der Waals surface area contributed by atoms with Gasteiger partial charge in [0.25, 0.3) is 0 Å². The van der Waals surface area contributed by atoms with Crippen molar-refractivity contribution in [1.82, 2.24) is 10.6 Å². The summed E-state index contributed by atoms with van der Waals surface area (Å²) in [6.45, 7) is 4.57. The van der Waals surface area contributed by atoms with Crippen LogP contribution in [0.3, 0.4) is 0 Å². The topological polar surface area (TPSA) is 61.4 Å². The minimum absolute atomic E-state index is 0.0284. The van der Waals surface area contributed by atoms with E-state index in [1.54, 1.807) is 0 Å². The standard InChI is InChI=1S/C12H24N2O2/c1-3-5-10(2)14-11(16)8-13-12(9-15)6-4-7-12/h10,13,15H,3-9H2,1-2H3,(H,14,16). The van der Waals surface area contributed by atoms with E-state index in [4.69, 9.17) is 0 Å². The molecule has 4 heteroatoms. The van der Waals surface area contributed by atoms with Crippen LogP contribution < -0.4 is 10.6 Å². The van der Waals surface area contributed by atoms with Crippen LogP contribution in [0, 0.1) is 0 Å². The Morgan fingerprint density at radius 2 is 2.19 bits per heavy atom. The molecule has 0 spiro atoms. The Hall–Kier alpha value is -0.610. The molecule has 0 aromatic carbocycles. The molecule has 0 radical (unpaired) electrons. The number of carbonyl (C=O) groups is 1. The monoisotopic (exact) mass is 228 g/mol. The lowest BCUT2D eigenvalue weighted by Gasteiger charge is -2.41. The molecule has 1 unspecified atom stereocenters. The average molecular weight is 228 g/mol. The summed E-state index contributed by atoms with van der Waals surface area (Å²) in [5, 5.41) is 15.3. The Morgan fingerprint density at radius 3 is 2.62 bits per heavy atom. The Bertz CT molecular complexity index is 222. The highest BCUT2D eigenvalue weighted by atomic mass is 16.3. The van der Waals surface area contributed by atoms with Crippen LogP contribution in [0.1, 0.15) is 46.0 Å². The highest BCUT2D eigenvalue weighted by molar-refractivity contribution is 5.78. The second-order valence-electron chi connectivity index (χ2n) is 4.90. The fourth-order valence-corrected chi connectivity index (χ4v) is 2.09. The lowest BCUT2D eigenvalue weighted by molar-refractivity contribution is -0.121. The molecule has 0 bridgehead atoms. The van der Waals surface area contributed by atoms with Crippen molar-refractivity contribution in [1.29, 1.82) is 0 Å². The zero-order valence-electron chi connectivity index (χ0n) is 10.4. The van der Waals surface area contributed by atoms with Crippen LogP contribution in [0.25, 0.3) is 0 Å². The molecule has 0 heterocycles. The lowest BCUT2D eigenvalue weighted by atomic mass is 9.77. The number of aliphatic hydroxyl groups excluding tert-OH is 1. The first-order valence-electron chi connectivity index (χ1n) is 6.27. The molecule has 1 amide bonds. The van der Waals surface area contributed by atoms with Gasteiger partial charge in [-0.1, -0.05) is 13.3 Å². The van der Waals surface area contributed by atoms with Crippen LogP contribution >= 0.6 is 0 Å². The molecular weight excluding hydrogens is 204 g/mol. The van der Waals surface area contributed by atoms with Crippen molar-refractivity contribution in [3.8, 4) is 0 Å². The fraction of sp³-hybridized carbons (Fsp3) is 0.917. The van der Waals surface area contributed by atoms with Gasteiger partial charge in [0.15, 0.2) is 0 Å². The summed E-state index contributed by atoms with van der Waals surface area (Å²) < 4.78 is 0. The number of nitrogens with one attached hydrogen (secondary N) is 2. The first-order valence-corrected chi connectivity index (χ1v) is 6.27. The third-order valence-electron chi connectivity index (χ3n) is 3.37. The zero-order chi connectivity index (χ0) is 12.0. The predicted molar refractivity (Wildman–Crippen MR) is 64.2 cm³/mol. The minimum atomic E-state index is -0.175.